The van der Waals surface area contributed by atoms with E-state index in [-0.39, 0.29) is 0 Å². The van der Waals surface area contributed by atoms with E-state index in [2.05, 4.69) is 39.5 Å². The lowest BCUT2D eigenvalue weighted by Crippen LogP contribution is -2.35. The summed E-state index contributed by atoms with van der Waals surface area (Å²) in [7, 11) is -0.995. The average molecular weight is 448 g/mol. The van der Waals surface area contributed by atoms with Crippen LogP contribution in [0.4, 0.5) is 11.6 Å². The second-order valence-corrected chi connectivity index (χ2v) is 9.20. The van der Waals surface area contributed by atoms with Crippen LogP contribution in [0.25, 0.3) is 16.7 Å². The maximum atomic E-state index is 11.7. The summed E-state index contributed by atoms with van der Waals surface area (Å²) in [6.45, 7) is 4.51. The lowest BCUT2D eigenvalue weighted by atomic mass is 10.2. The number of hydrogen-bond donors (Lipinski definition) is 1. The molecule has 1 N–H and O–H groups in total. The van der Waals surface area contributed by atoms with Crippen LogP contribution < -0.4 is 5.32 Å². The van der Waals surface area contributed by atoms with Gasteiger partial charge in [0.15, 0.2) is 0 Å². The molecule has 0 bridgehead atoms. The van der Waals surface area contributed by atoms with Gasteiger partial charge in [-0.1, -0.05) is 12.1 Å². The molecule has 4 aromatic rings. The first kappa shape index (κ1) is 20.8. The highest BCUT2D eigenvalue weighted by Crippen LogP contribution is 2.22. The van der Waals surface area contributed by atoms with Crippen LogP contribution in [0.2, 0.25) is 0 Å². The molecule has 1 unspecified atom stereocenters. The molecule has 1 aliphatic rings. The first-order valence-corrected chi connectivity index (χ1v) is 12.2. The summed E-state index contributed by atoms with van der Waals surface area (Å²) >= 11 is 0. The summed E-state index contributed by atoms with van der Waals surface area (Å²) in [5, 5.41) is 4.27. The fourth-order valence-electron chi connectivity index (χ4n) is 3.83. The summed E-state index contributed by atoms with van der Waals surface area (Å²) in [5.74, 6) is 0.546. The van der Waals surface area contributed by atoms with Gasteiger partial charge in [0.25, 0.3) is 0 Å². The van der Waals surface area contributed by atoms with E-state index in [0.717, 1.165) is 60.2 Å². The fraction of sp³-hybridized carbons (Fsp3) is 0.250. The van der Waals surface area contributed by atoms with Gasteiger partial charge in [-0.15, -0.1) is 0 Å². The molecule has 1 saturated heterocycles. The van der Waals surface area contributed by atoms with Crippen LogP contribution in [0.3, 0.4) is 0 Å². The molecule has 164 valence electrons. The Balaban J connectivity index is 1.33. The molecule has 1 fully saturated rings. The summed E-state index contributed by atoms with van der Waals surface area (Å²) in [6.07, 6.45) is 5.48. The number of morpholine rings is 1. The van der Waals surface area contributed by atoms with Gasteiger partial charge in [0, 0.05) is 70.7 Å². The SMILES string of the molecule is CS(=O)c1ccc(-n2ccc3cnc(Nc4ccc(CN5CCOCC5)cc4)nc32)cc1. The van der Waals surface area contributed by atoms with E-state index in [0.29, 0.717) is 5.95 Å². The van der Waals surface area contributed by atoms with Crippen molar-refractivity contribution in [2.45, 2.75) is 11.4 Å². The number of nitrogens with zero attached hydrogens (tertiary/aromatic N) is 4. The maximum absolute atomic E-state index is 11.7. The van der Waals surface area contributed by atoms with Crippen molar-refractivity contribution < 1.29 is 8.95 Å². The van der Waals surface area contributed by atoms with Gasteiger partial charge in [0.2, 0.25) is 5.95 Å². The number of benzene rings is 2. The Labute approximate surface area is 189 Å². The van der Waals surface area contributed by atoms with E-state index < -0.39 is 10.8 Å². The Bertz CT molecular complexity index is 1230. The number of anilines is 2. The van der Waals surface area contributed by atoms with Gasteiger partial charge >= 0.3 is 0 Å². The lowest BCUT2D eigenvalue weighted by molar-refractivity contribution is 0.0342. The normalized spacial score (nSPS) is 15.7. The molecule has 2 aromatic carbocycles. The number of hydrogen-bond acceptors (Lipinski definition) is 6. The summed E-state index contributed by atoms with van der Waals surface area (Å²) in [5.41, 5.74) is 4.00. The van der Waals surface area contributed by atoms with E-state index in [1.807, 2.05) is 47.3 Å². The first-order valence-electron chi connectivity index (χ1n) is 10.6. The molecule has 1 atom stereocenters. The standard InChI is InChI=1S/C24H25N5O2S/c1-32(30)22-8-6-21(7-9-22)29-11-10-19-16-25-24(27-23(19)29)26-20-4-2-18(3-5-20)17-28-12-14-31-15-13-28/h2-11,16H,12-15,17H2,1H3,(H,25,26,27). The van der Waals surface area contributed by atoms with Crippen LogP contribution in [-0.4, -0.2) is 56.2 Å². The molecular formula is C24H25N5O2S. The highest BCUT2D eigenvalue weighted by Gasteiger charge is 2.11. The second kappa shape index (κ2) is 9.20. The Kier molecular flexibility index (Phi) is 5.98. The van der Waals surface area contributed by atoms with Crippen molar-refractivity contribution in [2.24, 2.45) is 0 Å². The van der Waals surface area contributed by atoms with Gasteiger partial charge in [-0.2, -0.15) is 4.98 Å². The Morgan fingerprint density at radius 1 is 1.03 bits per heavy atom. The van der Waals surface area contributed by atoms with Crippen molar-refractivity contribution in [3.8, 4) is 5.69 Å². The number of aromatic nitrogens is 3. The first-order chi connectivity index (χ1) is 15.7. The molecule has 8 heteroatoms. The van der Waals surface area contributed by atoms with Crippen molar-refractivity contribution in [3.63, 3.8) is 0 Å². The highest BCUT2D eigenvalue weighted by molar-refractivity contribution is 7.84. The maximum Gasteiger partial charge on any atom is 0.229 e. The fourth-order valence-corrected chi connectivity index (χ4v) is 4.34. The largest absolute Gasteiger partial charge is 0.379 e. The van der Waals surface area contributed by atoms with E-state index in [9.17, 15) is 4.21 Å². The number of fused-ring (bicyclic) bond motifs is 1. The van der Waals surface area contributed by atoms with Crippen LogP contribution >= 0.6 is 0 Å². The molecule has 1 aliphatic heterocycles. The predicted octanol–water partition coefficient (Wildman–Crippen LogP) is 3.73. The van der Waals surface area contributed by atoms with Crippen molar-refractivity contribution in [2.75, 3.05) is 37.9 Å². The molecule has 7 nitrogen and oxygen atoms in total. The van der Waals surface area contributed by atoms with Gasteiger partial charge < -0.3 is 14.6 Å². The van der Waals surface area contributed by atoms with E-state index in [4.69, 9.17) is 9.72 Å². The number of ether oxygens (including phenoxy) is 1. The van der Waals surface area contributed by atoms with Crippen LogP contribution in [0.5, 0.6) is 0 Å². The van der Waals surface area contributed by atoms with Gasteiger partial charge in [-0.25, -0.2) is 4.98 Å². The zero-order valence-electron chi connectivity index (χ0n) is 17.9. The minimum absolute atomic E-state index is 0.546. The van der Waals surface area contributed by atoms with Crippen LogP contribution in [-0.2, 0) is 22.1 Å². The monoisotopic (exact) mass is 447 g/mol. The van der Waals surface area contributed by atoms with Gasteiger partial charge in [-0.3, -0.25) is 9.11 Å². The van der Waals surface area contributed by atoms with Crippen LogP contribution in [0, 0.1) is 0 Å². The molecule has 0 radical (unpaired) electrons. The van der Waals surface area contributed by atoms with E-state index in [1.54, 1.807) is 6.26 Å². The van der Waals surface area contributed by atoms with Crippen molar-refractivity contribution in [3.05, 3.63) is 72.6 Å². The third-order valence-corrected chi connectivity index (χ3v) is 6.53. The van der Waals surface area contributed by atoms with Crippen LogP contribution in [0.1, 0.15) is 5.56 Å². The summed E-state index contributed by atoms with van der Waals surface area (Å²) in [4.78, 5) is 12.4. The Hall–Kier alpha value is -3.07. The minimum Gasteiger partial charge on any atom is -0.379 e. The third kappa shape index (κ3) is 4.57. The minimum atomic E-state index is -0.995. The quantitative estimate of drug-likeness (QED) is 0.486. The van der Waals surface area contributed by atoms with E-state index in [1.165, 1.54) is 5.56 Å². The summed E-state index contributed by atoms with van der Waals surface area (Å²) in [6, 6.07) is 18.1. The molecule has 2 aromatic heterocycles. The van der Waals surface area contributed by atoms with Crippen molar-refractivity contribution >= 4 is 33.5 Å². The highest BCUT2D eigenvalue weighted by atomic mass is 32.2. The smallest absolute Gasteiger partial charge is 0.229 e. The second-order valence-electron chi connectivity index (χ2n) is 7.82. The van der Waals surface area contributed by atoms with Crippen molar-refractivity contribution in [1.29, 1.82) is 0 Å². The molecule has 0 aliphatic carbocycles. The molecule has 0 spiro atoms. The zero-order chi connectivity index (χ0) is 21.9. The van der Waals surface area contributed by atoms with Gasteiger partial charge in [0.1, 0.15) is 5.65 Å². The Morgan fingerprint density at radius 3 is 2.50 bits per heavy atom. The average Bonchev–Trinajstić information content (AvgIpc) is 3.24. The van der Waals surface area contributed by atoms with Gasteiger partial charge in [-0.05, 0) is 48.0 Å². The van der Waals surface area contributed by atoms with Gasteiger partial charge in [0.05, 0.1) is 13.2 Å². The predicted molar refractivity (Wildman–Crippen MR) is 127 cm³/mol. The number of rotatable bonds is 6. The zero-order valence-corrected chi connectivity index (χ0v) is 18.7. The third-order valence-electron chi connectivity index (χ3n) is 5.59. The van der Waals surface area contributed by atoms with Crippen LogP contribution in [0.15, 0.2) is 71.9 Å². The molecular weight excluding hydrogens is 422 g/mol. The topological polar surface area (TPSA) is 72.3 Å². The Morgan fingerprint density at radius 2 is 1.78 bits per heavy atom. The number of nitrogens with one attached hydrogen (secondary N) is 1. The molecule has 0 amide bonds. The van der Waals surface area contributed by atoms with Crippen molar-refractivity contribution in [1.82, 2.24) is 19.4 Å². The van der Waals surface area contributed by atoms with E-state index >= 15 is 0 Å². The summed E-state index contributed by atoms with van der Waals surface area (Å²) < 4.78 is 19.1. The molecule has 5 rings (SSSR count). The molecule has 32 heavy (non-hydrogen) atoms. The lowest BCUT2D eigenvalue weighted by Gasteiger charge is -2.26. The molecule has 3 heterocycles. The molecule has 0 saturated carbocycles.